The Hall–Kier alpha value is -1.33. The Morgan fingerprint density at radius 2 is 2.18 bits per heavy atom. The Morgan fingerprint density at radius 1 is 1.41 bits per heavy atom. The number of aryl methyl sites for hydroxylation is 1. The second kappa shape index (κ2) is 5.33. The van der Waals surface area contributed by atoms with Crippen molar-refractivity contribution in [3.05, 3.63) is 34.9 Å². The molecule has 1 aromatic rings. The van der Waals surface area contributed by atoms with Crippen LogP contribution in [0.2, 0.25) is 0 Å². The molecule has 17 heavy (non-hydrogen) atoms. The maximum absolute atomic E-state index is 9.17. The molecule has 0 unspecified atom stereocenters. The molecule has 2 nitrogen and oxygen atoms in total. The minimum Gasteiger partial charge on any atom is -0.317 e. The second-order valence-electron chi connectivity index (χ2n) is 4.94. The topological polar surface area (TPSA) is 35.8 Å². The SMILES string of the molecule is CCCc1ccc(C#N)c(C2CC(NC)C2)c1. The average Bonchev–Trinajstić information content (AvgIpc) is 2.28. The highest BCUT2D eigenvalue weighted by Crippen LogP contribution is 2.38. The normalized spacial score (nSPS) is 22.9. The van der Waals surface area contributed by atoms with Crippen molar-refractivity contribution in [1.29, 1.82) is 5.26 Å². The number of nitrogens with one attached hydrogen (secondary N) is 1. The molecule has 0 spiro atoms. The van der Waals surface area contributed by atoms with Crippen LogP contribution >= 0.6 is 0 Å². The molecule has 90 valence electrons. The Kier molecular flexibility index (Phi) is 3.81. The van der Waals surface area contributed by atoms with Gasteiger partial charge in [-0.1, -0.05) is 25.5 Å². The van der Waals surface area contributed by atoms with E-state index in [2.05, 4.69) is 30.4 Å². The van der Waals surface area contributed by atoms with Crippen molar-refractivity contribution in [3.8, 4) is 6.07 Å². The molecule has 0 radical (unpaired) electrons. The van der Waals surface area contributed by atoms with E-state index in [0.29, 0.717) is 12.0 Å². The fourth-order valence-corrected chi connectivity index (χ4v) is 2.60. The third-order valence-corrected chi connectivity index (χ3v) is 3.76. The summed E-state index contributed by atoms with van der Waals surface area (Å²) >= 11 is 0. The molecule has 0 aromatic heterocycles. The maximum atomic E-state index is 9.17. The summed E-state index contributed by atoms with van der Waals surface area (Å²) in [5.74, 6) is 0.582. The standard InChI is InChI=1S/C15H20N2/c1-3-4-11-5-6-12(10-16)15(7-11)13-8-14(9-13)17-2/h5-7,13-14,17H,3-4,8-9H2,1-2H3. The van der Waals surface area contributed by atoms with Gasteiger partial charge >= 0.3 is 0 Å². The van der Waals surface area contributed by atoms with Crippen LogP contribution in [0, 0.1) is 11.3 Å². The molecule has 0 saturated heterocycles. The van der Waals surface area contributed by atoms with E-state index in [-0.39, 0.29) is 0 Å². The lowest BCUT2D eigenvalue weighted by Crippen LogP contribution is -2.37. The monoisotopic (exact) mass is 228 g/mol. The van der Waals surface area contributed by atoms with Gasteiger partial charge in [0.2, 0.25) is 0 Å². The van der Waals surface area contributed by atoms with E-state index in [9.17, 15) is 0 Å². The first-order chi connectivity index (χ1) is 8.28. The van der Waals surface area contributed by atoms with Gasteiger partial charge in [0.15, 0.2) is 0 Å². The predicted octanol–water partition coefficient (Wildman–Crippen LogP) is 2.98. The molecule has 1 aliphatic rings. The van der Waals surface area contributed by atoms with Crippen LogP contribution < -0.4 is 5.32 Å². The van der Waals surface area contributed by atoms with Crippen LogP contribution in [0.1, 0.15) is 48.8 Å². The third kappa shape index (κ3) is 2.50. The van der Waals surface area contributed by atoms with Crippen molar-refractivity contribution in [3.63, 3.8) is 0 Å². The van der Waals surface area contributed by atoms with Crippen LogP contribution in [-0.2, 0) is 6.42 Å². The summed E-state index contributed by atoms with van der Waals surface area (Å²) in [6.45, 7) is 2.19. The summed E-state index contributed by atoms with van der Waals surface area (Å²) in [6, 6.07) is 9.31. The predicted molar refractivity (Wildman–Crippen MR) is 70.0 cm³/mol. The van der Waals surface area contributed by atoms with Gasteiger partial charge in [-0.25, -0.2) is 0 Å². The van der Waals surface area contributed by atoms with Crippen LogP contribution in [0.4, 0.5) is 0 Å². The lowest BCUT2D eigenvalue weighted by molar-refractivity contribution is 0.307. The van der Waals surface area contributed by atoms with Crippen LogP contribution in [0.25, 0.3) is 0 Å². The molecular formula is C15H20N2. The summed E-state index contributed by atoms with van der Waals surface area (Å²) in [5.41, 5.74) is 3.50. The van der Waals surface area contributed by atoms with Crippen molar-refractivity contribution < 1.29 is 0 Å². The molecule has 1 aromatic carbocycles. The van der Waals surface area contributed by atoms with E-state index < -0.39 is 0 Å². The molecule has 2 heteroatoms. The van der Waals surface area contributed by atoms with E-state index in [4.69, 9.17) is 5.26 Å². The molecule has 0 aliphatic heterocycles. The third-order valence-electron chi connectivity index (χ3n) is 3.76. The summed E-state index contributed by atoms with van der Waals surface area (Å²) < 4.78 is 0. The van der Waals surface area contributed by atoms with E-state index >= 15 is 0 Å². The van der Waals surface area contributed by atoms with E-state index in [1.165, 1.54) is 24.0 Å². The van der Waals surface area contributed by atoms with Gasteiger partial charge in [0.25, 0.3) is 0 Å². The number of nitrogens with zero attached hydrogens (tertiary/aromatic N) is 1. The minimum atomic E-state index is 0.582. The van der Waals surface area contributed by atoms with Gasteiger partial charge in [-0.2, -0.15) is 5.26 Å². The van der Waals surface area contributed by atoms with E-state index in [1.807, 2.05) is 13.1 Å². The Morgan fingerprint density at radius 3 is 2.76 bits per heavy atom. The molecule has 1 aliphatic carbocycles. The van der Waals surface area contributed by atoms with E-state index in [0.717, 1.165) is 18.4 Å². The molecule has 0 atom stereocenters. The van der Waals surface area contributed by atoms with Gasteiger partial charge in [-0.3, -0.25) is 0 Å². The fraction of sp³-hybridized carbons (Fsp3) is 0.533. The maximum Gasteiger partial charge on any atom is 0.0994 e. The molecular weight excluding hydrogens is 208 g/mol. The van der Waals surface area contributed by atoms with Crippen LogP contribution in [0.5, 0.6) is 0 Å². The molecule has 0 amide bonds. The van der Waals surface area contributed by atoms with E-state index in [1.54, 1.807) is 0 Å². The van der Waals surface area contributed by atoms with Crippen molar-refractivity contribution in [1.82, 2.24) is 5.32 Å². The molecule has 1 saturated carbocycles. The number of nitriles is 1. The Labute approximate surface area is 104 Å². The van der Waals surface area contributed by atoms with Crippen molar-refractivity contribution in [2.24, 2.45) is 0 Å². The lowest BCUT2D eigenvalue weighted by atomic mass is 9.74. The zero-order valence-corrected chi connectivity index (χ0v) is 10.7. The highest BCUT2D eigenvalue weighted by atomic mass is 14.9. The number of hydrogen-bond acceptors (Lipinski definition) is 2. The van der Waals surface area contributed by atoms with Crippen LogP contribution in [0.3, 0.4) is 0 Å². The summed E-state index contributed by atoms with van der Waals surface area (Å²) in [6.07, 6.45) is 4.61. The highest BCUT2D eigenvalue weighted by Gasteiger charge is 2.30. The fourth-order valence-electron chi connectivity index (χ4n) is 2.60. The van der Waals surface area contributed by atoms with Gasteiger partial charge in [-0.15, -0.1) is 0 Å². The molecule has 0 heterocycles. The van der Waals surface area contributed by atoms with Gasteiger partial charge in [0.05, 0.1) is 11.6 Å². The van der Waals surface area contributed by atoms with Crippen molar-refractivity contribution in [2.75, 3.05) is 7.05 Å². The van der Waals surface area contributed by atoms with Crippen LogP contribution in [0.15, 0.2) is 18.2 Å². The first-order valence-corrected chi connectivity index (χ1v) is 6.48. The smallest absolute Gasteiger partial charge is 0.0994 e. The average molecular weight is 228 g/mol. The number of benzene rings is 1. The molecule has 2 rings (SSSR count). The quantitative estimate of drug-likeness (QED) is 0.860. The first-order valence-electron chi connectivity index (χ1n) is 6.48. The Balaban J connectivity index is 2.19. The van der Waals surface area contributed by atoms with Gasteiger partial charge in [0, 0.05) is 6.04 Å². The minimum absolute atomic E-state index is 0.582. The molecule has 0 bridgehead atoms. The number of hydrogen-bond donors (Lipinski definition) is 1. The Bertz CT molecular complexity index is 425. The first kappa shape index (κ1) is 12.1. The summed E-state index contributed by atoms with van der Waals surface area (Å²) in [4.78, 5) is 0. The molecule has 1 fully saturated rings. The zero-order valence-electron chi connectivity index (χ0n) is 10.7. The zero-order chi connectivity index (χ0) is 12.3. The summed E-state index contributed by atoms with van der Waals surface area (Å²) in [7, 11) is 2.01. The largest absolute Gasteiger partial charge is 0.317 e. The number of rotatable bonds is 4. The van der Waals surface area contributed by atoms with Crippen molar-refractivity contribution >= 4 is 0 Å². The van der Waals surface area contributed by atoms with Gasteiger partial charge in [-0.05, 0) is 49.4 Å². The van der Waals surface area contributed by atoms with Gasteiger partial charge < -0.3 is 5.32 Å². The summed E-state index contributed by atoms with van der Waals surface area (Å²) in [5, 5.41) is 12.5. The highest BCUT2D eigenvalue weighted by molar-refractivity contribution is 5.43. The van der Waals surface area contributed by atoms with Gasteiger partial charge in [0.1, 0.15) is 0 Å². The lowest BCUT2D eigenvalue weighted by Gasteiger charge is -2.36. The second-order valence-corrected chi connectivity index (χ2v) is 4.94. The van der Waals surface area contributed by atoms with Crippen LogP contribution in [-0.4, -0.2) is 13.1 Å². The van der Waals surface area contributed by atoms with Crippen molar-refractivity contribution in [2.45, 2.75) is 44.6 Å². The molecule has 1 N–H and O–H groups in total.